The van der Waals surface area contributed by atoms with Crippen LogP contribution in [-0.4, -0.2) is 29.4 Å². The fraction of sp³-hybridized carbons (Fsp3) is 0.900. The monoisotopic (exact) mass is 180 g/mol. The molecule has 2 aliphatic heterocycles. The number of nitrogens with two attached hydrogens (primary N) is 1. The summed E-state index contributed by atoms with van der Waals surface area (Å²) in [4.78, 5) is 13.9. The third-order valence-electron chi connectivity index (χ3n) is 4.10. The Kier molecular flexibility index (Phi) is 1.48. The summed E-state index contributed by atoms with van der Waals surface area (Å²) in [6.45, 7) is 0.946. The van der Waals surface area contributed by atoms with Gasteiger partial charge >= 0.3 is 0 Å². The molecule has 2 saturated carbocycles. The van der Waals surface area contributed by atoms with Crippen LogP contribution in [0.1, 0.15) is 25.7 Å². The van der Waals surface area contributed by atoms with E-state index in [9.17, 15) is 4.79 Å². The molecule has 4 fully saturated rings. The van der Waals surface area contributed by atoms with Gasteiger partial charge in [-0.05, 0) is 25.2 Å². The van der Waals surface area contributed by atoms with E-state index in [1.807, 2.05) is 0 Å². The zero-order chi connectivity index (χ0) is 9.00. The third kappa shape index (κ3) is 0.909. The van der Waals surface area contributed by atoms with Crippen molar-refractivity contribution in [3.05, 3.63) is 0 Å². The molecule has 3 unspecified atom stereocenters. The van der Waals surface area contributed by atoms with Crippen molar-refractivity contribution >= 4 is 5.91 Å². The maximum atomic E-state index is 11.9. The molecule has 2 N–H and O–H groups in total. The summed E-state index contributed by atoms with van der Waals surface area (Å²) in [5.74, 6) is 1.37. The number of carbonyl (C=O) groups excluding carboxylic acids is 1. The quantitative estimate of drug-likeness (QED) is 0.632. The van der Waals surface area contributed by atoms with Gasteiger partial charge in [-0.3, -0.25) is 4.79 Å². The highest BCUT2D eigenvalue weighted by Gasteiger charge is 2.52. The molecule has 2 bridgehead atoms. The van der Waals surface area contributed by atoms with Crippen molar-refractivity contribution in [2.45, 2.75) is 37.8 Å². The Morgan fingerprint density at radius 2 is 2.15 bits per heavy atom. The molecule has 4 rings (SSSR count). The van der Waals surface area contributed by atoms with Crippen LogP contribution in [0.5, 0.6) is 0 Å². The molecule has 72 valence electrons. The molecule has 0 radical (unpaired) electrons. The van der Waals surface area contributed by atoms with E-state index in [4.69, 9.17) is 5.73 Å². The van der Waals surface area contributed by atoms with Crippen LogP contribution < -0.4 is 5.73 Å². The highest BCUT2D eigenvalue weighted by atomic mass is 16.2. The van der Waals surface area contributed by atoms with Crippen LogP contribution in [0, 0.1) is 11.8 Å². The highest BCUT2D eigenvalue weighted by molar-refractivity contribution is 5.80. The van der Waals surface area contributed by atoms with Crippen molar-refractivity contribution in [1.82, 2.24) is 4.90 Å². The van der Waals surface area contributed by atoms with Crippen LogP contribution in [0.4, 0.5) is 0 Å². The van der Waals surface area contributed by atoms with Crippen LogP contribution in [0.2, 0.25) is 0 Å². The normalized spacial score (nSPS) is 42.8. The van der Waals surface area contributed by atoms with E-state index in [1.165, 1.54) is 12.8 Å². The molecular weight excluding hydrogens is 164 g/mol. The van der Waals surface area contributed by atoms with Gasteiger partial charge in [-0.2, -0.15) is 0 Å². The molecule has 3 nitrogen and oxygen atoms in total. The zero-order valence-electron chi connectivity index (χ0n) is 7.78. The lowest BCUT2D eigenvalue weighted by Crippen LogP contribution is -2.51. The second-order valence-electron chi connectivity index (χ2n) is 4.76. The minimum absolute atomic E-state index is 0.295. The highest BCUT2D eigenvalue weighted by Crippen LogP contribution is 2.42. The van der Waals surface area contributed by atoms with Crippen LogP contribution in [-0.2, 0) is 4.79 Å². The lowest BCUT2D eigenvalue weighted by atomic mass is 9.80. The van der Waals surface area contributed by atoms with E-state index < -0.39 is 0 Å². The predicted octanol–water partition coefficient (Wildman–Crippen LogP) is 0.344. The number of hydrogen-bond donors (Lipinski definition) is 1. The third-order valence-corrected chi connectivity index (χ3v) is 4.10. The van der Waals surface area contributed by atoms with E-state index in [0.29, 0.717) is 29.8 Å². The molecule has 3 atom stereocenters. The number of amides is 1. The molecule has 13 heavy (non-hydrogen) atoms. The van der Waals surface area contributed by atoms with Crippen LogP contribution in [0.15, 0.2) is 0 Å². The summed E-state index contributed by atoms with van der Waals surface area (Å²) in [7, 11) is 0. The second kappa shape index (κ2) is 2.47. The van der Waals surface area contributed by atoms with Gasteiger partial charge in [0, 0.05) is 24.5 Å². The minimum Gasteiger partial charge on any atom is -0.338 e. The van der Waals surface area contributed by atoms with Crippen molar-refractivity contribution in [2.75, 3.05) is 6.54 Å². The summed E-state index contributed by atoms with van der Waals surface area (Å²) in [6.07, 6.45) is 4.63. The van der Waals surface area contributed by atoms with Gasteiger partial charge < -0.3 is 10.6 Å². The smallest absolute Gasteiger partial charge is 0.225 e. The predicted molar refractivity (Wildman–Crippen MR) is 48.9 cm³/mol. The number of fused-ring (bicyclic) bond motifs is 1. The van der Waals surface area contributed by atoms with Crippen LogP contribution >= 0.6 is 0 Å². The molecule has 2 aliphatic carbocycles. The minimum atomic E-state index is 0.295. The van der Waals surface area contributed by atoms with Gasteiger partial charge in [-0.15, -0.1) is 0 Å². The lowest BCUT2D eigenvalue weighted by molar-refractivity contribution is -0.138. The maximum absolute atomic E-state index is 11.9. The van der Waals surface area contributed by atoms with Crippen molar-refractivity contribution in [3.63, 3.8) is 0 Å². The average Bonchev–Trinajstić information content (AvgIpc) is 2.55. The van der Waals surface area contributed by atoms with Gasteiger partial charge in [-0.25, -0.2) is 0 Å². The van der Waals surface area contributed by atoms with Crippen molar-refractivity contribution in [2.24, 2.45) is 17.6 Å². The number of carbonyl (C=O) groups is 1. The van der Waals surface area contributed by atoms with E-state index >= 15 is 0 Å². The fourth-order valence-electron chi connectivity index (χ4n) is 2.81. The van der Waals surface area contributed by atoms with Crippen molar-refractivity contribution in [1.29, 1.82) is 0 Å². The molecule has 4 aliphatic rings. The summed E-state index contributed by atoms with van der Waals surface area (Å²) in [5.41, 5.74) is 5.92. The summed E-state index contributed by atoms with van der Waals surface area (Å²) in [5, 5.41) is 0. The van der Waals surface area contributed by atoms with E-state index in [-0.39, 0.29) is 0 Å². The van der Waals surface area contributed by atoms with Gasteiger partial charge in [0.1, 0.15) is 0 Å². The molecule has 0 aromatic heterocycles. The first-order valence-corrected chi connectivity index (χ1v) is 5.33. The Morgan fingerprint density at radius 1 is 1.38 bits per heavy atom. The van der Waals surface area contributed by atoms with Crippen LogP contribution in [0.25, 0.3) is 0 Å². The Bertz CT molecular complexity index is 249. The first-order chi connectivity index (χ1) is 6.27. The molecule has 3 heteroatoms. The van der Waals surface area contributed by atoms with Crippen molar-refractivity contribution < 1.29 is 4.79 Å². The van der Waals surface area contributed by atoms with Gasteiger partial charge in [0.2, 0.25) is 5.91 Å². The Balaban J connectivity index is 1.69. The molecule has 0 spiro atoms. The zero-order valence-corrected chi connectivity index (χ0v) is 7.78. The van der Waals surface area contributed by atoms with E-state index in [0.717, 1.165) is 19.4 Å². The molecular formula is C10H16N2O. The molecule has 2 heterocycles. The summed E-state index contributed by atoms with van der Waals surface area (Å²) < 4.78 is 0. The maximum Gasteiger partial charge on any atom is 0.225 e. The summed E-state index contributed by atoms with van der Waals surface area (Å²) >= 11 is 0. The SMILES string of the molecule is NC1C2CC1N(C(=O)C1CCC1)C2. The molecule has 2 saturated heterocycles. The molecule has 1 amide bonds. The molecule has 0 aromatic carbocycles. The number of hydrogen-bond acceptors (Lipinski definition) is 2. The standard InChI is InChI=1S/C10H16N2O/c11-9-7-4-8(9)12(5-7)10(13)6-2-1-3-6/h6-9H,1-5,11H2. The van der Waals surface area contributed by atoms with E-state index in [1.54, 1.807) is 0 Å². The van der Waals surface area contributed by atoms with Crippen LogP contribution in [0.3, 0.4) is 0 Å². The van der Waals surface area contributed by atoms with Gasteiger partial charge in [0.15, 0.2) is 0 Å². The van der Waals surface area contributed by atoms with Gasteiger partial charge in [0.05, 0.1) is 0 Å². The van der Waals surface area contributed by atoms with Gasteiger partial charge in [-0.1, -0.05) is 6.42 Å². The largest absolute Gasteiger partial charge is 0.338 e. The topological polar surface area (TPSA) is 46.3 Å². The fourth-order valence-corrected chi connectivity index (χ4v) is 2.81. The Labute approximate surface area is 78.3 Å². The Morgan fingerprint density at radius 3 is 2.54 bits per heavy atom. The first-order valence-electron chi connectivity index (χ1n) is 5.33. The average molecular weight is 180 g/mol. The second-order valence-corrected chi connectivity index (χ2v) is 4.76. The molecule has 0 aromatic rings. The lowest BCUT2D eigenvalue weighted by Gasteiger charge is -2.36. The van der Waals surface area contributed by atoms with Gasteiger partial charge in [0.25, 0.3) is 0 Å². The summed E-state index contributed by atoms with van der Waals surface area (Å²) in [6, 6.07) is 0.696. The van der Waals surface area contributed by atoms with Crippen molar-refractivity contribution in [3.8, 4) is 0 Å². The number of nitrogens with zero attached hydrogens (tertiary/aromatic N) is 1. The first kappa shape index (κ1) is 7.80. The Hall–Kier alpha value is -0.570. The number of rotatable bonds is 1. The van der Waals surface area contributed by atoms with E-state index in [2.05, 4.69) is 4.90 Å².